The van der Waals surface area contributed by atoms with Gasteiger partial charge in [-0.15, -0.1) is 0 Å². The van der Waals surface area contributed by atoms with E-state index in [1.165, 1.54) is 32.1 Å². The lowest BCUT2D eigenvalue weighted by atomic mass is 10.1. The van der Waals surface area contributed by atoms with Gasteiger partial charge in [0.1, 0.15) is 0 Å². The van der Waals surface area contributed by atoms with Crippen LogP contribution in [-0.4, -0.2) is 42.2 Å². The van der Waals surface area contributed by atoms with Crippen LogP contribution in [0.2, 0.25) is 5.02 Å². The van der Waals surface area contributed by atoms with Crippen LogP contribution in [0.1, 0.15) is 10.5 Å². The van der Waals surface area contributed by atoms with Crippen molar-refractivity contribution in [1.29, 1.82) is 0 Å². The molecule has 0 bridgehead atoms. The number of methoxy groups -OCH3 is 3. The first-order chi connectivity index (χ1) is 10.4. The summed E-state index contributed by atoms with van der Waals surface area (Å²) in [6.45, 7) is 0. The molecule has 1 aromatic heterocycles. The van der Waals surface area contributed by atoms with Crippen molar-refractivity contribution >= 4 is 17.6 Å². The Hall–Kier alpha value is -2.41. The highest BCUT2D eigenvalue weighted by Gasteiger charge is 2.24. The third-order valence-electron chi connectivity index (χ3n) is 3.14. The number of aromatic nitrogens is 2. The molecule has 0 spiro atoms. The summed E-state index contributed by atoms with van der Waals surface area (Å²) in [6.07, 6.45) is 0. The maximum Gasteiger partial charge on any atom is 0.356 e. The van der Waals surface area contributed by atoms with Gasteiger partial charge in [0.05, 0.1) is 37.6 Å². The second-order valence-corrected chi connectivity index (χ2v) is 4.75. The molecule has 1 heterocycles. The highest BCUT2D eigenvalue weighted by molar-refractivity contribution is 6.34. The molecule has 118 valence electrons. The van der Waals surface area contributed by atoms with Crippen molar-refractivity contribution in [3.63, 3.8) is 0 Å². The summed E-state index contributed by atoms with van der Waals surface area (Å²) in [5.74, 6) is -0.0135. The Morgan fingerprint density at radius 1 is 1.18 bits per heavy atom. The smallest absolute Gasteiger partial charge is 0.356 e. The minimum absolute atomic E-state index is 0.0922. The maximum atomic E-state index is 11.1. The van der Waals surface area contributed by atoms with Crippen LogP contribution >= 0.6 is 11.6 Å². The first-order valence-electron chi connectivity index (χ1n) is 6.20. The van der Waals surface area contributed by atoms with Gasteiger partial charge in [0.15, 0.2) is 17.2 Å². The molecule has 2 rings (SSSR count). The Balaban J connectivity index is 2.77. The van der Waals surface area contributed by atoms with Crippen LogP contribution < -0.4 is 14.2 Å². The molecule has 0 saturated carbocycles. The lowest BCUT2D eigenvalue weighted by molar-refractivity contribution is 0.0689. The Morgan fingerprint density at radius 3 is 2.27 bits per heavy atom. The van der Waals surface area contributed by atoms with Gasteiger partial charge >= 0.3 is 5.97 Å². The maximum absolute atomic E-state index is 11.1. The number of carboxylic acids is 1. The fourth-order valence-electron chi connectivity index (χ4n) is 2.17. The van der Waals surface area contributed by atoms with E-state index in [1.54, 1.807) is 13.1 Å². The van der Waals surface area contributed by atoms with E-state index in [-0.39, 0.29) is 5.69 Å². The molecule has 0 radical (unpaired) electrons. The molecule has 7 nitrogen and oxygen atoms in total. The minimum atomic E-state index is -1.13. The molecule has 22 heavy (non-hydrogen) atoms. The Labute approximate surface area is 132 Å². The van der Waals surface area contributed by atoms with E-state index >= 15 is 0 Å². The van der Waals surface area contributed by atoms with E-state index in [0.29, 0.717) is 33.5 Å². The molecule has 0 aliphatic heterocycles. The second-order valence-electron chi connectivity index (χ2n) is 4.35. The van der Waals surface area contributed by atoms with Crippen molar-refractivity contribution in [2.75, 3.05) is 21.3 Å². The first-order valence-corrected chi connectivity index (χ1v) is 6.58. The number of aryl methyl sites for hydroxylation is 1. The fourth-order valence-corrected chi connectivity index (χ4v) is 2.45. The van der Waals surface area contributed by atoms with Crippen molar-refractivity contribution in [2.45, 2.75) is 0 Å². The average molecular weight is 327 g/mol. The number of carboxylic acid groups (broad SMARTS) is 1. The van der Waals surface area contributed by atoms with Gasteiger partial charge in [0, 0.05) is 13.1 Å². The van der Waals surface area contributed by atoms with Crippen molar-refractivity contribution in [2.24, 2.45) is 7.05 Å². The summed E-state index contributed by atoms with van der Waals surface area (Å²) < 4.78 is 17.3. The number of benzene rings is 1. The van der Waals surface area contributed by atoms with Crippen LogP contribution in [0, 0.1) is 0 Å². The summed E-state index contributed by atoms with van der Waals surface area (Å²) >= 11 is 6.31. The number of aromatic carboxylic acids is 1. The van der Waals surface area contributed by atoms with Crippen LogP contribution in [0.5, 0.6) is 17.2 Å². The van der Waals surface area contributed by atoms with Gasteiger partial charge in [-0.25, -0.2) is 4.79 Å². The Kier molecular flexibility index (Phi) is 4.46. The molecule has 0 atom stereocenters. The fraction of sp³-hybridized carbons (Fsp3) is 0.286. The zero-order chi connectivity index (χ0) is 16.4. The summed E-state index contributed by atoms with van der Waals surface area (Å²) in [6, 6.07) is 2.99. The van der Waals surface area contributed by atoms with Gasteiger partial charge in [-0.1, -0.05) is 11.6 Å². The van der Waals surface area contributed by atoms with Crippen LogP contribution in [0.15, 0.2) is 12.1 Å². The SMILES string of the molecule is COc1cc(Cl)c(-c2cc(C(=O)O)nn2C)c(OC)c1OC. The lowest BCUT2D eigenvalue weighted by Crippen LogP contribution is -2.01. The molecule has 1 aromatic carbocycles. The summed E-state index contributed by atoms with van der Waals surface area (Å²) in [5.41, 5.74) is 0.870. The standard InChI is InChI=1S/C14H15ClN2O5/c1-17-9(6-8(16-17)14(18)19)11-7(15)5-10(20-2)12(21-3)13(11)22-4/h5-6H,1-4H3,(H,18,19). The van der Waals surface area contributed by atoms with Gasteiger partial charge in [0.2, 0.25) is 5.75 Å². The molecule has 0 aliphatic rings. The summed E-state index contributed by atoms with van der Waals surface area (Å²) in [7, 11) is 6.05. The van der Waals surface area contributed by atoms with Crippen LogP contribution in [0.25, 0.3) is 11.3 Å². The van der Waals surface area contributed by atoms with Crippen molar-refractivity contribution in [1.82, 2.24) is 9.78 Å². The van der Waals surface area contributed by atoms with E-state index in [4.69, 9.17) is 30.9 Å². The van der Waals surface area contributed by atoms with Crippen LogP contribution in [0.3, 0.4) is 0 Å². The number of hydrogen-bond donors (Lipinski definition) is 1. The molecule has 0 amide bonds. The number of rotatable bonds is 5. The molecular formula is C14H15ClN2O5. The predicted molar refractivity (Wildman–Crippen MR) is 80.3 cm³/mol. The van der Waals surface area contributed by atoms with E-state index in [9.17, 15) is 4.79 Å². The minimum Gasteiger partial charge on any atom is -0.493 e. The van der Waals surface area contributed by atoms with Gasteiger partial charge in [-0.2, -0.15) is 5.10 Å². The van der Waals surface area contributed by atoms with Crippen LogP contribution in [0.4, 0.5) is 0 Å². The van der Waals surface area contributed by atoms with E-state index in [2.05, 4.69) is 5.10 Å². The number of nitrogens with zero attached hydrogens (tertiary/aromatic N) is 2. The molecular weight excluding hydrogens is 312 g/mol. The number of ether oxygens (including phenoxy) is 3. The zero-order valence-electron chi connectivity index (χ0n) is 12.5. The average Bonchev–Trinajstić information content (AvgIpc) is 2.87. The van der Waals surface area contributed by atoms with Gasteiger partial charge in [-0.05, 0) is 6.07 Å². The molecule has 1 N–H and O–H groups in total. The van der Waals surface area contributed by atoms with E-state index in [0.717, 1.165) is 0 Å². The molecule has 2 aromatic rings. The summed E-state index contributed by atoms with van der Waals surface area (Å²) in [5, 5.41) is 13.3. The molecule has 0 aliphatic carbocycles. The highest BCUT2D eigenvalue weighted by atomic mass is 35.5. The highest BCUT2D eigenvalue weighted by Crippen LogP contribution is 2.48. The largest absolute Gasteiger partial charge is 0.493 e. The van der Waals surface area contributed by atoms with Gasteiger partial charge in [0.25, 0.3) is 0 Å². The summed E-state index contributed by atoms with van der Waals surface area (Å²) in [4.78, 5) is 11.1. The Bertz CT molecular complexity index is 727. The molecule has 0 unspecified atom stereocenters. The van der Waals surface area contributed by atoms with E-state index in [1.807, 2.05) is 0 Å². The number of hydrogen-bond acceptors (Lipinski definition) is 5. The third kappa shape index (κ3) is 2.55. The predicted octanol–water partition coefficient (Wildman–Crippen LogP) is 2.46. The topological polar surface area (TPSA) is 82.8 Å². The number of halogens is 1. The Morgan fingerprint density at radius 2 is 1.82 bits per heavy atom. The lowest BCUT2D eigenvalue weighted by Gasteiger charge is -2.17. The van der Waals surface area contributed by atoms with Crippen molar-refractivity contribution < 1.29 is 24.1 Å². The van der Waals surface area contributed by atoms with E-state index < -0.39 is 5.97 Å². The zero-order valence-corrected chi connectivity index (χ0v) is 13.3. The molecule has 0 fully saturated rings. The molecule has 0 saturated heterocycles. The monoisotopic (exact) mass is 326 g/mol. The molecule has 8 heteroatoms. The van der Waals surface area contributed by atoms with Crippen molar-refractivity contribution in [3.8, 4) is 28.5 Å². The second kappa shape index (κ2) is 6.15. The normalized spacial score (nSPS) is 10.4. The van der Waals surface area contributed by atoms with Crippen LogP contribution in [-0.2, 0) is 7.05 Å². The number of carbonyl (C=O) groups is 1. The van der Waals surface area contributed by atoms with Crippen molar-refractivity contribution in [3.05, 3.63) is 22.8 Å². The quantitative estimate of drug-likeness (QED) is 0.908. The van der Waals surface area contributed by atoms with Gasteiger partial charge in [-0.3, -0.25) is 4.68 Å². The first kappa shape index (κ1) is 16.0. The van der Waals surface area contributed by atoms with Gasteiger partial charge < -0.3 is 19.3 Å². The third-order valence-corrected chi connectivity index (χ3v) is 3.44.